The fourth-order valence-electron chi connectivity index (χ4n) is 1.62. The van der Waals surface area contributed by atoms with Gasteiger partial charge in [0.05, 0.1) is 19.8 Å². The number of benzene rings is 1. The van der Waals surface area contributed by atoms with Gasteiger partial charge in [-0.2, -0.15) is 0 Å². The van der Waals surface area contributed by atoms with Gasteiger partial charge in [0, 0.05) is 20.1 Å². The minimum Gasteiger partial charge on any atom is -0.497 e. The van der Waals surface area contributed by atoms with Gasteiger partial charge < -0.3 is 19.9 Å². The van der Waals surface area contributed by atoms with E-state index in [1.165, 1.54) is 7.11 Å². The van der Waals surface area contributed by atoms with Crippen LogP contribution < -0.4 is 10.1 Å². The zero-order valence-electron chi connectivity index (χ0n) is 11.4. The Labute approximate surface area is 113 Å². The fourth-order valence-corrected chi connectivity index (χ4v) is 1.62. The first-order valence-electron chi connectivity index (χ1n) is 6.22. The normalized spacial score (nSPS) is 11.9. The highest BCUT2D eigenvalue weighted by Gasteiger charge is 2.06. The average Bonchev–Trinajstić information content (AvgIpc) is 2.44. The maximum Gasteiger partial charge on any atom is 0.220 e. The van der Waals surface area contributed by atoms with Crippen LogP contribution in [-0.4, -0.2) is 44.5 Å². The molecule has 1 atom stereocenters. The number of ether oxygens (including phenoxy) is 2. The lowest BCUT2D eigenvalue weighted by molar-refractivity contribution is -0.121. The van der Waals surface area contributed by atoms with Crippen molar-refractivity contribution < 1.29 is 19.4 Å². The topological polar surface area (TPSA) is 67.8 Å². The SMILES string of the molecule is COCC(O)CNC(=O)CCc1ccc(OC)cc1. The molecule has 0 aromatic heterocycles. The van der Waals surface area contributed by atoms with Gasteiger partial charge in [-0.3, -0.25) is 4.79 Å². The molecule has 2 N–H and O–H groups in total. The number of aliphatic hydroxyl groups excluding tert-OH is 1. The second kappa shape index (κ2) is 8.50. The van der Waals surface area contributed by atoms with Gasteiger partial charge in [0.25, 0.3) is 0 Å². The Hall–Kier alpha value is -1.59. The van der Waals surface area contributed by atoms with E-state index in [1.807, 2.05) is 24.3 Å². The Morgan fingerprint density at radius 3 is 2.58 bits per heavy atom. The van der Waals surface area contributed by atoms with Crippen LogP contribution in [0, 0.1) is 0 Å². The number of carbonyl (C=O) groups is 1. The lowest BCUT2D eigenvalue weighted by Crippen LogP contribution is -2.34. The van der Waals surface area contributed by atoms with Gasteiger partial charge in [0.15, 0.2) is 0 Å². The van der Waals surface area contributed by atoms with Gasteiger partial charge in [-0.25, -0.2) is 0 Å². The largest absolute Gasteiger partial charge is 0.497 e. The highest BCUT2D eigenvalue weighted by molar-refractivity contribution is 5.76. The molecule has 1 amide bonds. The molecule has 5 nitrogen and oxygen atoms in total. The van der Waals surface area contributed by atoms with Gasteiger partial charge in [-0.1, -0.05) is 12.1 Å². The molecule has 0 aliphatic carbocycles. The minimum atomic E-state index is -0.657. The number of amides is 1. The van der Waals surface area contributed by atoms with Crippen LogP contribution in [0.4, 0.5) is 0 Å². The summed E-state index contributed by atoms with van der Waals surface area (Å²) >= 11 is 0. The molecule has 0 saturated heterocycles. The van der Waals surface area contributed by atoms with Crippen molar-refractivity contribution in [2.24, 2.45) is 0 Å². The molecule has 0 aliphatic rings. The van der Waals surface area contributed by atoms with Crippen molar-refractivity contribution in [1.29, 1.82) is 0 Å². The Morgan fingerprint density at radius 1 is 1.32 bits per heavy atom. The van der Waals surface area contributed by atoms with Crippen molar-refractivity contribution in [2.45, 2.75) is 18.9 Å². The van der Waals surface area contributed by atoms with E-state index in [4.69, 9.17) is 9.47 Å². The lowest BCUT2D eigenvalue weighted by Gasteiger charge is -2.10. The van der Waals surface area contributed by atoms with Crippen molar-refractivity contribution in [3.05, 3.63) is 29.8 Å². The molecule has 0 heterocycles. The van der Waals surface area contributed by atoms with E-state index in [-0.39, 0.29) is 19.1 Å². The Bertz CT molecular complexity index is 378. The number of methoxy groups -OCH3 is 2. The third-order valence-corrected chi connectivity index (χ3v) is 2.69. The highest BCUT2D eigenvalue weighted by Crippen LogP contribution is 2.12. The third kappa shape index (κ3) is 6.22. The Kier molecular flexibility index (Phi) is 6.92. The Morgan fingerprint density at radius 2 is 2.00 bits per heavy atom. The molecule has 1 unspecified atom stereocenters. The quantitative estimate of drug-likeness (QED) is 0.729. The van der Waals surface area contributed by atoms with E-state index in [0.717, 1.165) is 11.3 Å². The first-order valence-corrected chi connectivity index (χ1v) is 6.22. The molecule has 1 aromatic carbocycles. The summed E-state index contributed by atoms with van der Waals surface area (Å²) < 4.78 is 9.84. The average molecular weight is 267 g/mol. The van der Waals surface area contributed by atoms with Crippen molar-refractivity contribution in [2.75, 3.05) is 27.4 Å². The van der Waals surface area contributed by atoms with E-state index >= 15 is 0 Å². The summed E-state index contributed by atoms with van der Waals surface area (Å²) in [5, 5.41) is 12.1. The fraction of sp³-hybridized carbons (Fsp3) is 0.500. The van der Waals surface area contributed by atoms with E-state index in [0.29, 0.717) is 12.8 Å². The van der Waals surface area contributed by atoms with Crippen molar-refractivity contribution in [3.8, 4) is 5.75 Å². The molecule has 1 aromatic rings. The number of nitrogens with one attached hydrogen (secondary N) is 1. The molecule has 0 fully saturated rings. The van der Waals surface area contributed by atoms with Crippen LogP contribution in [0.1, 0.15) is 12.0 Å². The number of rotatable bonds is 8. The van der Waals surface area contributed by atoms with Gasteiger partial charge in [-0.05, 0) is 24.1 Å². The predicted molar refractivity (Wildman–Crippen MR) is 72.2 cm³/mol. The molecule has 19 heavy (non-hydrogen) atoms. The second-order valence-electron chi connectivity index (χ2n) is 4.26. The van der Waals surface area contributed by atoms with Crippen LogP contribution >= 0.6 is 0 Å². The van der Waals surface area contributed by atoms with Gasteiger partial charge >= 0.3 is 0 Å². The summed E-state index contributed by atoms with van der Waals surface area (Å²) in [5.74, 6) is 0.724. The van der Waals surface area contributed by atoms with Crippen LogP contribution in [0.3, 0.4) is 0 Å². The first kappa shape index (κ1) is 15.5. The van der Waals surface area contributed by atoms with Crippen LogP contribution in [-0.2, 0) is 16.0 Å². The second-order valence-corrected chi connectivity index (χ2v) is 4.26. The molecule has 106 valence electrons. The molecule has 1 rings (SSSR count). The first-order chi connectivity index (χ1) is 9.15. The third-order valence-electron chi connectivity index (χ3n) is 2.69. The van der Waals surface area contributed by atoms with Crippen molar-refractivity contribution in [3.63, 3.8) is 0 Å². The summed E-state index contributed by atoms with van der Waals surface area (Å²) in [6, 6.07) is 7.61. The number of carbonyl (C=O) groups excluding carboxylic acids is 1. The van der Waals surface area contributed by atoms with Gasteiger partial charge in [0.1, 0.15) is 5.75 Å². The summed E-state index contributed by atoms with van der Waals surface area (Å²) in [6.45, 7) is 0.439. The summed E-state index contributed by atoms with van der Waals surface area (Å²) in [7, 11) is 3.13. The summed E-state index contributed by atoms with van der Waals surface area (Å²) in [6.07, 6.45) is 0.400. The van der Waals surface area contributed by atoms with Crippen molar-refractivity contribution in [1.82, 2.24) is 5.32 Å². The number of aryl methyl sites for hydroxylation is 1. The van der Waals surface area contributed by atoms with E-state index in [1.54, 1.807) is 7.11 Å². The smallest absolute Gasteiger partial charge is 0.220 e. The monoisotopic (exact) mass is 267 g/mol. The molecule has 0 saturated carbocycles. The van der Waals surface area contributed by atoms with Crippen molar-refractivity contribution >= 4 is 5.91 Å². The van der Waals surface area contributed by atoms with Crippen LogP contribution in [0.5, 0.6) is 5.75 Å². The van der Waals surface area contributed by atoms with Crippen LogP contribution in [0.2, 0.25) is 0 Å². The lowest BCUT2D eigenvalue weighted by atomic mass is 10.1. The highest BCUT2D eigenvalue weighted by atomic mass is 16.5. The molecule has 0 spiro atoms. The van der Waals surface area contributed by atoms with Gasteiger partial charge in [0.2, 0.25) is 5.91 Å². The molecular formula is C14H21NO4. The van der Waals surface area contributed by atoms with E-state index in [9.17, 15) is 9.90 Å². The van der Waals surface area contributed by atoms with E-state index < -0.39 is 6.10 Å². The molecule has 5 heteroatoms. The molecule has 0 bridgehead atoms. The number of hydrogen-bond acceptors (Lipinski definition) is 4. The minimum absolute atomic E-state index is 0.0778. The molecule has 0 aliphatic heterocycles. The number of hydrogen-bond donors (Lipinski definition) is 2. The zero-order valence-corrected chi connectivity index (χ0v) is 11.4. The predicted octanol–water partition coefficient (Wildman–Crippen LogP) is 0.751. The standard InChI is InChI=1S/C14H21NO4/c1-18-10-12(16)9-15-14(17)8-5-11-3-6-13(19-2)7-4-11/h3-4,6-7,12,16H,5,8-10H2,1-2H3,(H,15,17). The summed E-state index contributed by atoms with van der Waals surface area (Å²) in [5.41, 5.74) is 1.08. The van der Waals surface area contributed by atoms with Crippen LogP contribution in [0.15, 0.2) is 24.3 Å². The van der Waals surface area contributed by atoms with Crippen LogP contribution in [0.25, 0.3) is 0 Å². The maximum atomic E-state index is 11.6. The maximum absolute atomic E-state index is 11.6. The Balaban J connectivity index is 2.25. The summed E-state index contributed by atoms with van der Waals surface area (Å²) in [4.78, 5) is 11.6. The van der Waals surface area contributed by atoms with E-state index in [2.05, 4.69) is 5.32 Å². The zero-order chi connectivity index (χ0) is 14.1. The molecular weight excluding hydrogens is 246 g/mol. The van der Waals surface area contributed by atoms with Gasteiger partial charge in [-0.15, -0.1) is 0 Å². The number of aliphatic hydroxyl groups is 1. The molecule has 0 radical (unpaired) electrons.